The predicted molar refractivity (Wildman–Crippen MR) is 123 cm³/mol. The quantitative estimate of drug-likeness (QED) is 0.428. The van der Waals surface area contributed by atoms with Crippen LogP contribution in [0.1, 0.15) is 45.8 Å². The molecule has 1 aliphatic rings. The largest absolute Gasteiger partial charge is 0.484 e. The Morgan fingerprint density at radius 1 is 1.15 bits per heavy atom. The highest BCUT2D eigenvalue weighted by Crippen LogP contribution is 2.39. The highest BCUT2D eigenvalue weighted by Gasteiger charge is 2.28. The molecule has 1 aromatic heterocycles. The molecule has 34 heavy (non-hydrogen) atoms. The van der Waals surface area contributed by atoms with Gasteiger partial charge in [-0.05, 0) is 90.8 Å². The number of ether oxygens (including phenoxy) is 1. The number of benzene rings is 2. The van der Waals surface area contributed by atoms with Crippen LogP contribution in [0.5, 0.6) is 5.75 Å². The van der Waals surface area contributed by atoms with Crippen LogP contribution in [-0.2, 0) is 12.8 Å². The lowest BCUT2D eigenvalue weighted by Gasteiger charge is -2.21. The van der Waals surface area contributed by atoms with Crippen LogP contribution < -0.4 is 9.64 Å². The summed E-state index contributed by atoms with van der Waals surface area (Å²) in [5.74, 6) is -0.399. The fourth-order valence-electron chi connectivity index (χ4n) is 4.45. The molecule has 0 saturated carbocycles. The number of halogens is 3. The highest BCUT2D eigenvalue weighted by atomic mass is 19.4. The number of pyridine rings is 1. The fraction of sp³-hybridized carbons (Fsp3) is 0.308. The number of nitrogens with zero attached hydrogens (tertiary/aromatic N) is 2. The van der Waals surface area contributed by atoms with E-state index in [-0.39, 0.29) is 5.75 Å². The van der Waals surface area contributed by atoms with Gasteiger partial charge in [-0.2, -0.15) is 13.2 Å². The second-order valence-corrected chi connectivity index (χ2v) is 8.45. The van der Waals surface area contributed by atoms with E-state index in [0.717, 1.165) is 36.2 Å². The Morgan fingerprint density at radius 3 is 2.59 bits per heavy atom. The summed E-state index contributed by atoms with van der Waals surface area (Å²) in [6.45, 7) is -1.31. The molecule has 0 spiro atoms. The van der Waals surface area contributed by atoms with Gasteiger partial charge in [0.2, 0.25) is 0 Å². The number of aromatic carboxylic acids is 1. The maximum Gasteiger partial charge on any atom is 0.422 e. The van der Waals surface area contributed by atoms with Gasteiger partial charge in [0, 0.05) is 30.8 Å². The first-order chi connectivity index (χ1) is 16.2. The first kappa shape index (κ1) is 23.6. The molecule has 4 rings (SSSR count). The van der Waals surface area contributed by atoms with E-state index in [4.69, 9.17) is 4.74 Å². The molecule has 1 N–H and O–H groups in total. The van der Waals surface area contributed by atoms with E-state index in [2.05, 4.69) is 17.1 Å². The number of fused-ring (bicyclic) bond motifs is 1. The smallest absolute Gasteiger partial charge is 0.422 e. The predicted octanol–water partition coefficient (Wildman–Crippen LogP) is 6.15. The van der Waals surface area contributed by atoms with Gasteiger partial charge >= 0.3 is 12.1 Å². The van der Waals surface area contributed by atoms with Crippen LogP contribution in [0.2, 0.25) is 0 Å². The van der Waals surface area contributed by atoms with Gasteiger partial charge in [0.05, 0.1) is 5.56 Å². The second-order valence-electron chi connectivity index (χ2n) is 8.45. The normalized spacial score (nSPS) is 15.1. The molecule has 0 radical (unpaired) electrons. The molecule has 1 atom stereocenters. The number of hydrogen-bond acceptors (Lipinski definition) is 4. The molecule has 2 aromatic carbocycles. The summed E-state index contributed by atoms with van der Waals surface area (Å²) in [4.78, 5) is 17.5. The number of anilines is 2. The second kappa shape index (κ2) is 9.75. The molecular weight excluding hydrogens is 445 g/mol. The van der Waals surface area contributed by atoms with Gasteiger partial charge < -0.3 is 14.7 Å². The van der Waals surface area contributed by atoms with E-state index in [9.17, 15) is 23.1 Å². The third-order valence-corrected chi connectivity index (χ3v) is 6.24. The average molecular weight is 470 g/mol. The summed E-state index contributed by atoms with van der Waals surface area (Å²) in [6.07, 6.45) is 2.24. The van der Waals surface area contributed by atoms with E-state index in [1.54, 1.807) is 18.3 Å². The van der Waals surface area contributed by atoms with Gasteiger partial charge in [-0.3, -0.25) is 4.98 Å². The summed E-state index contributed by atoms with van der Waals surface area (Å²) in [5.41, 5.74) is 5.44. The lowest BCUT2D eigenvalue weighted by Crippen LogP contribution is -2.19. The molecule has 178 valence electrons. The molecule has 5 nitrogen and oxygen atoms in total. The van der Waals surface area contributed by atoms with Gasteiger partial charge in [-0.1, -0.05) is 6.07 Å². The van der Waals surface area contributed by atoms with Crippen LogP contribution >= 0.6 is 0 Å². The number of carbonyl (C=O) groups is 1. The summed E-state index contributed by atoms with van der Waals surface area (Å²) < 4.78 is 41.8. The molecule has 0 saturated heterocycles. The first-order valence-corrected chi connectivity index (χ1v) is 11.0. The highest BCUT2D eigenvalue weighted by molar-refractivity contribution is 5.89. The number of carboxylic acids is 1. The van der Waals surface area contributed by atoms with Crippen LogP contribution in [0.4, 0.5) is 24.5 Å². The van der Waals surface area contributed by atoms with Crippen molar-refractivity contribution in [2.45, 2.75) is 37.8 Å². The van der Waals surface area contributed by atoms with Crippen LogP contribution in [0, 0.1) is 0 Å². The summed E-state index contributed by atoms with van der Waals surface area (Å²) in [5, 5.41) is 9.38. The van der Waals surface area contributed by atoms with Crippen molar-refractivity contribution in [1.82, 2.24) is 4.98 Å². The number of rotatable bonds is 8. The molecule has 8 heteroatoms. The van der Waals surface area contributed by atoms with Gasteiger partial charge in [0.15, 0.2) is 6.61 Å². The fourth-order valence-corrected chi connectivity index (χ4v) is 4.45. The first-order valence-electron chi connectivity index (χ1n) is 11.0. The van der Waals surface area contributed by atoms with Crippen molar-refractivity contribution >= 4 is 17.3 Å². The van der Waals surface area contributed by atoms with E-state index >= 15 is 0 Å². The Morgan fingerprint density at radius 2 is 1.88 bits per heavy atom. The maximum absolute atomic E-state index is 12.3. The van der Waals surface area contributed by atoms with Crippen molar-refractivity contribution in [3.63, 3.8) is 0 Å². The van der Waals surface area contributed by atoms with Crippen molar-refractivity contribution < 1.29 is 27.8 Å². The van der Waals surface area contributed by atoms with Crippen molar-refractivity contribution in [3.8, 4) is 5.75 Å². The van der Waals surface area contributed by atoms with E-state index in [0.29, 0.717) is 17.9 Å². The maximum atomic E-state index is 12.3. The lowest BCUT2D eigenvalue weighted by atomic mass is 9.93. The summed E-state index contributed by atoms with van der Waals surface area (Å²) in [7, 11) is 1.91. The SMILES string of the molecule is CN(c1ccc(OCC(F)(F)F)cc1)c1ccc2c(c1)CC[C@H]2CCc1cnccc1C(=O)O. The molecule has 0 bridgehead atoms. The number of aryl methyl sites for hydroxylation is 2. The minimum atomic E-state index is -4.37. The Bertz CT molecular complexity index is 1160. The molecule has 0 unspecified atom stereocenters. The van der Waals surface area contributed by atoms with Crippen molar-refractivity contribution in [2.24, 2.45) is 0 Å². The number of hydrogen-bond donors (Lipinski definition) is 1. The zero-order chi connectivity index (χ0) is 24.3. The van der Waals surface area contributed by atoms with Crippen LogP contribution in [-0.4, -0.2) is 35.9 Å². The average Bonchev–Trinajstić information content (AvgIpc) is 3.23. The molecule has 0 aliphatic heterocycles. The number of aromatic nitrogens is 1. The Kier molecular flexibility index (Phi) is 6.77. The van der Waals surface area contributed by atoms with Crippen molar-refractivity contribution in [3.05, 3.63) is 83.2 Å². The Labute approximate surface area is 195 Å². The lowest BCUT2D eigenvalue weighted by molar-refractivity contribution is -0.153. The molecule has 0 fully saturated rings. The van der Waals surface area contributed by atoms with Gasteiger partial charge in [-0.15, -0.1) is 0 Å². The zero-order valence-corrected chi connectivity index (χ0v) is 18.7. The van der Waals surface area contributed by atoms with Gasteiger partial charge in [-0.25, -0.2) is 4.79 Å². The van der Waals surface area contributed by atoms with E-state index < -0.39 is 18.8 Å². The third kappa shape index (κ3) is 5.50. The minimum absolute atomic E-state index is 0.172. The minimum Gasteiger partial charge on any atom is -0.484 e. The Balaban J connectivity index is 1.42. The molecule has 1 aliphatic carbocycles. The summed E-state index contributed by atoms with van der Waals surface area (Å²) >= 11 is 0. The monoisotopic (exact) mass is 470 g/mol. The van der Waals surface area contributed by atoms with Crippen LogP contribution in [0.15, 0.2) is 60.9 Å². The Hall–Kier alpha value is -3.55. The van der Waals surface area contributed by atoms with Crippen LogP contribution in [0.25, 0.3) is 0 Å². The van der Waals surface area contributed by atoms with Crippen molar-refractivity contribution in [1.29, 1.82) is 0 Å². The number of carboxylic acid groups (broad SMARTS) is 1. The van der Waals surface area contributed by atoms with Crippen molar-refractivity contribution in [2.75, 3.05) is 18.6 Å². The van der Waals surface area contributed by atoms with E-state index in [1.807, 2.05) is 18.0 Å². The molecular formula is C26H25F3N2O3. The zero-order valence-electron chi connectivity index (χ0n) is 18.7. The van der Waals surface area contributed by atoms with Gasteiger partial charge in [0.25, 0.3) is 0 Å². The molecule has 1 heterocycles. The summed E-state index contributed by atoms with van der Waals surface area (Å²) in [6, 6.07) is 14.4. The molecule has 0 amide bonds. The van der Waals surface area contributed by atoms with Crippen LogP contribution in [0.3, 0.4) is 0 Å². The topological polar surface area (TPSA) is 62.7 Å². The molecule has 3 aromatic rings. The third-order valence-electron chi connectivity index (χ3n) is 6.24. The van der Waals surface area contributed by atoms with E-state index in [1.165, 1.54) is 35.5 Å². The standard InChI is InChI=1S/C26H25F3N2O3/c1-31(20-6-9-22(10-7-20)34-16-26(27,28)29)21-8-11-23-17(2-4-18(23)14-21)3-5-19-15-30-13-12-24(19)25(32)33/h6-15,17H,2-5,16H2,1H3,(H,32,33)/t17-/m0/s1. The number of alkyl halides is 3. The van der Waals surface area contributed by atoms with Gasteiger partial charge in [0.1, 0.15) is 5.75 Å².